The first-order valence-corrected chi connectivity index (χ1v) is 5.41. The van der Waals surface area contributed by atoms with Crippen LogP contribution in [0.5, 0.6) is 0 Å². The van der Waals surface area contributed by atoms with Crippen molar-refractivity contribution in [2.45, 2.75) is 39.8 Å². The molecule has 0 aliphatic heterocycles. The van der Waals surface area contributed by atoms with Gasteiger partial charge in [0.1, 0.15) is 17.8 Å². The average Bonchev–Trinajstić information content (AvgIpc) is 2.18. The van der Waals surface area contributed by atoms with E-state index in [2.05, 4.69) is 55.4 Å². The van der Waals surface area contributed by atoms with Gasteiger partial charge in [-0.25, -0.2) is 0 Å². The number of hydrogen-bond donors (Lipinski definition) is 0. The standard InChI is InChI=1S/C13H19N2/c1-11(2)14-10-15(12(3)4)13-8-6-5-7-9-13/h5-9,11-12H,1-4H3/q+1. The summed E-state index contributed by atoms with van der Waals surface area (Å²) in [5.74, 6) is 0. The van der Waals surface area contributed by atoms with Gasteiger partial charge in [-0.05, 0) is 44.8 Å². The van der Waals surface area contributed by atoms with Crippen molar-refractivity contribution in [2.24, 2.45) is 4.99 Å². The number of para-hydroxylation sites is 1. The molecule has 0 atom stereocenters. The monoisotopic (exact) mass is 203 g/mol. The van der Waals surface area contributed by atoms with Gasteiger partial charge < -0.3 is 0 Å². The third-order valence-electron chi connectivity index (χ3n) is 1.97. The molecule has 0 bridgehead atoms. The molecule has 0 aliphatic carbocycles. The number of nitrogens with zero attached hydrogens (tertiary/aromatic N) is 2. The van der Waals surface area contributed by atoms with E-state index in [1.807, 2.05) is 18.2 Å². The quantitative estimate of drug-likeness (QED) is 0.529. The molecule has 0 N–H and O–H groups in total. The zero-order valence-corrected chi connectivity index (χ0v) is 9.94. The van der Waals surface area contributed by atoms with Crippen LogP contribution >= 0.6 is 0 Å². The molecule has 1 aromatic carbocycles. The van der Waals surface area contributed by atoms with Crippen LogP contribution in [0.1, 0.15) is 27.7 Å². The molecule has 0 amide bonds. The molecule has 80 valence electrons. The second-order valence-electron chi connectivity index (χ2n) is 4.12. The molecule has 0 aromatic heterocycles. The van der Waals surface area contributed by atoms with E-state index >= 15 is 0 Å². The van der Waals surface area contributed by atoms with Crippen molar-refractivity contribution in [1.29, 1.82) is 0 Å². The van der Waals surface area contributed by atoms with Gasteiger partial charge in [-0.2, -0.15) is 4.58 Å². The van der Waals surface area contributed by atoms with Gasteiger partial charge >= 0.3 is 6.01 Å². The van der Waals surface area contributed by atoms with Crippen molar-refractivity contribution in [3.8, 4) is 0 Å². The summed E-state index contributed by atoms with van der Waals surface area (Å²) in [5, 5.41) is 0. The molecule has 0 radical (unpaired) electrons. The van der Waals surface area contributed by atoms with Gasteiger partial charge in [-0.3, -0.25) is 0 Å². The van der Waals surface area contributed by atoms with Crippen molar-refractivity contribution in [2.75, 3.05) is 0 Å². The lowest BCUT2D eigenvalue weighted by Gasteiger charge is -2.05. The summed E-state index contributed by atoms with van der Waals surface area (Å²) in [6.45, 7) is 8.37. The second kappa shape index (κ2) is 5.47. The Balaban J connectivity index is 3.10. The van der Waals surface area contributed by atoms with Gasteiger partial charge in [0.2, 0.25) is 0 Å². The fraction of sp³-hybridized carbons (Fsp3) is 0.462. The summed E-state index contributed by atoms with van der Waals surface area (Å²) in [4.78, 5) is 4.30. The van der Waals surface area contributed by atoms with Crippen LogP contribution in [0.15, 0.2) is 35.3 Å². The summed E-state index contributed by atoms with van der Waals surface area (Å²) in [5.41, 5.74) is 1.14. The van der Waals surface area contributed by atoms with Crippen LogP contribution in [0.2, 0.25) is 0 Å². The molecule has 0 spiro atoms. The first kappa shape index (κ1) is 11.7. The summed E-state index contributed by atoms with van der Waals surface area (Å²) in [6.07, 6.45) is 0. The van der Waals surface area contributed by atoms with Crippen molar-refractivity contribution < 1.29 is 4.58 Å². The largest absolute Gasteiger partial charge is 0.312 e. The van der Waals surface area contributed by atoms with Gasteiger partial charge in [0.15, 0.2) is 0 Å². The molecule has 0 fully saturated rings. The van der Waals surface area contributed by atoms with Crippen LogP contribution in [0.25, 0.3) is 0 Å². The van der Waals surface area contributed by atoms with Crippen molar-refractivity contribution >= 4 is 11.7 Å². The number of benzene rings is 1. The van der Waals surface area contributed by atoms with E-state index in [1.165, 1.54) is 0 Å². The van der Waals surface area contributed by atoms with E-state index in [0.29, 0.717) is 6.04 Å². The SMILES string of the molecule is CC(C)N=C=[N+](c1ccccc1)C(C)C. The van der Waals surface area contributed by atoms with Gasteiger partial charge in [0, 0.05) is 0 Å². The van der Waals surface area contributed by atoms with Crippen LogP contribution < -0.4 is 0 Å². The van der Waals surface area contributed by atoms with Crippen LogP contribution in [0.4, 0.5) is 5.69 Å². The summed E-state index contributed by atoms with van der Waals surface area (Å²) in [7, 11) is 0. The molecule has 0 saturated heterocycles. The maximum absolute atomic E-state index is 4.30. The van der Waals surface area contributed by atoms with Gasteiger partial charge in [-0.15, -0.1) is 0 Å². The van der Waals surface area contributed by atoms with Crippen LogP contribution in [0, 0.1) is 0 Å². The Morgan fingerprint density at radius 3 is 2.13 bits per heavy atom. The highest BCUT2D eigenvalue weighted by Crippen LogP contribution is 2.11. The predicted molar refractivity (Wildman–Crippen MR) is 64.1 cm³/mol. The normalized spacial score (nSPS) is 10.3. The fourth-order valence-corrected chi connectivity index (χ4v) is 1.24. The lowest BCUT2D eigenvalue weighted by molar-refractivity contribution is -0.469. The molecule has 0 heterocycles. The fourth-order valence-electron chi connectivity index (χ4n) is 1.24. The molecule has 2 nitrogen and oxygen atoms in total. The van der Waals surface area contributed by atoms with E-state index in [9.17, 15) is 0 Å². The first-order chi connectivity index (χ1) is 7.11. The Labute approximate surface area is 92.0 Å². The highest BCUT2D eigenvalue weighted by molar-refractivity contribution is 5.41. The maximum atomic E-state index is 4.30. The van der Waals surface area contributed by atoms with Gasteiger partial charge in [-0.1, -0.05) is 18.2 Å². The Hall–Kier alpha value is -1.40. The molecule has 0 saturated carbocycles. The highest BCUT2D eigenvalue weighted by atomic mass is 15.0. The summed E-state index contributed by atoms with van der Waals surface area (Å²) < 4.78 is 2.06. The Morgan fingerprint density at radius 2 is 1.67 bits per heavy atom. The minimum Gasteiger partial charge on any atom is -0.184 e. The van der Waals surface area contributed by atoms with Gasteiger partial charge in [0.25, 0.3) is 0 Å². The summed E-state index contributed by atoms with van der Waals surface area (Å²) in [6, 6.07) is 14.0. The molecular weight excluding hydrogens is 184 g/mol. The third-order valence-corrected chi connectivity index (χ3v) is 1.97. The Morgan fingerprint density at radius 1 is 1.07 bits per heavy atom. The Kier molecular flexibility index (Phi) is 4.26. The smallest absolute Gasteiger partial charge is 0.184 e. The number of aliphatic imine (C=N–C) groups is 1. The van der Waals surface area contributed by atoms with E-state index in [0.717, 1.165) is 5.69 Å². The zero-order chi connectivity index (χ0) is 11.3. The van der Waals surface area contributed by atoms with Crippen LogP contribution in [-0.4, -0.2) is 22.7 Å². The molecule has 2 heteroatoms. The molecular formula is C13H19N2+. The first-order valence-electron chi connectivity index (χ1n) is 5.41. The van der Waals surface area contributed by atoms with Crippen LogP contribution in [-0.2, 0) is 0 Å². The lowest BCUT2D eigenvalue weighted by atomic mass is 10.3. The minimum absolute atomic E-state index is 0.287. The Bertz CT molecular complexity index is 357. The van der Waals surface area contributed by atoms with E-state index in [-0.39, 0.29) is 6.04 Å². The lowest BCUT2D eigenvalue weighted by Crippen LogP contribution is -2.14. The minimum atomic E-state index is 0.287. The van der Waals surface area contributed by atoms with Crippen LogP contribution in [0.3, 0.4) is 0 Å². The maximum Gasteiger partial charge on any atom is 0.312 e. The topological polar surface area (TPSA) is 15.4 Å². The highest BCUT2D eigenvalue weighted by Gasteiger charge is 2.08. The van der Waals surface area contributed by atoms with E-state index in [4.69, 9.17) is 0 Å². The predicted octanol–water partition coefficient (Wildman–Crippen LogP) is 3.32. The number of rotatable bonds is 3. The zero-order valence-electron chi connectivity index (χ0n) is 9.94. The molecule has 0 unspecified atom stereocenters. The number of hydrogen-bond acceptors (Lipinski definition) is 1. The van der Waals surface area contributed by atoms with E-state index < -0.39 is 0 Å². The second-order valence-corrected chi connectivity index (χ2v) is 4.12. The van der Waals surface area contributed by atoms with Crippen molar-refractivity contribution in [3.63, 3.8) is 0 Å². The molecule has 1 rings (SSSR count). The summed E-state index contributed by atoms with van der Waals surface area (Å²) >= 11 is 0. The molecule has 15 heavy (non-hydrogen) atoms. The van der Waals surface area contributed by atoms with Crippen molar-refractivity contribution in [3.05, 3.63) is 30.3 Å². The third kappa shape index (κ3) is 3.69. The molecule has 0 aliphatic rings. The van der Waals surface area contributed by atoms with E-state index in [1.54, 1.807) is 0 Å². The molecule has 1 aromatic rings. The van der Waals surface area contributed by atoms with Gasteiger partial charge in [0.05, 0.1) is 0 Å². The average molecular weight is 203 g/mol. The van der Waals surface area contributed by atoms with Crippen molar-refractivity contribution in [1.82, 2.24) is 0 Å².